The van der Waals surface area contributed by atoms with Crippen molar-refractivity contribution in [1.82, 2.24) is 10.6 Å². The molecule has 0 unspecified atom stereocenters. The Labute approximate surface area is 193 Å². The third kappa shape index (κ3) is 5.35. The largest absolute Gasteiger partial charge is 0.480 e. The highest BCUT2D eigenvalue weighted by atomic mass is 16.5. The van der Waals surface area contributed by atoms with Crippen molar-refractivity contribution in [3.63, 3.8) is 0 Å². The lowest BCUT2D eigenvalue weighted by molar-refractivity contribution is -0.142. The molecule has 33 heavy (non-hydrogen) atoms. The van der Waals surface area contributed by atoms with Crippen LogP contribution in [0.3, 0.4) is 0 Å². The van der Waals surface area contributed by atoms with Crippen LogP contribution in [-0.4, -0.2) is 41.8 Å². The maximum atomic E-state index is 12.7. The van der Waals surface area contributed by atoms with Crippen molar-refractivity contribution in [2.75, 3.05) is 6.61 Å². The lowest BCUT2D eigenvalue weighted by atomic mass is 9.98. The smallest absolute Gasteiger partial charge is 0.407 e. The van der Waals surface area contributed by atoms with E-state index >= 15 is 0 Å². The summed E-state index contributed by atoms with van der Waals surface area (Å²) in [6.07, 6.45) is 2.78. The first-order valence-electron chi connectivity index (χ1n) is 11.6. The number of aliphatic carboxylic acids is 1. The summed E-state index contributed by atoms with van der Waals surface area (Å²) in [6, 6.07) is 14.4. The quantitative estimate of drug-likeness (QED) is 0.506. The molecule has 4 rings (SSSR count). The number of hydrogen-bond donors (Lipinski definition) is 3. The van der Waals surface area contributed by atoms with Crippen LogP contribution in [0.4, 0.5) is 4.79 Å². The van der Waals surface area contributed by atoms with Gasteiger partial charge in [-0.2, -0.15) is 0 Å². The third-order valence-electron chi connectivity index (χ3n) is 6.41. The SMILES string of the molecule is CCC[C@H](NC(=O)OCC1c2ccccc2-c2ccccc21)C(=O)N[C@@H](CC1CC1)C(=O)O. The van der Waals surface area contributed by atoms with E-state index in [4.69, 9.17) is 4.74 Å². The lowest BCUT2D eigenvalue weighted by Gasteiger charge is -2.21. The molecule has 2 amide bonds. The predicted octanol–water partition coefficient (Wildman–Crippen LogP) is 4.06. The van der Waals surface area contributed by atoms with E-state index in [1.54, 1.807) is 0 Å². The molecule has 0 aliphatic heterocycles. The van der Waals surface area contributed by atoms with Gasteiger partial charge in [-0.3, -0.25) is 4.79 Å². The number of fused-ring (bicyclic) bond motifs is 3. The van der Waals surface area contributed by atoms with Crippen molar-refractivity contribution in [3.8, 4) is 11.1 Å². The van der Waals surface area contributed by atoms with E-state index in [0.717, 1.165) is 35.1 Å². The highest BCUT2D eigenvalue weighted by Crippen LogP contribution is 2.44. The molecule has 0 spiro atoms. The van der Waals surface area contributed by atoms with Crippen LogP contribution in [0, 0.1) is 5.92 Å². The van der Waals surface area contributed by atoms with Crippen LogP contribution < -0.4 is 10.6 Å². The van der Waals surface area contributed by atoms with Crippen LogP contribution in [0.2, 0.25) is 0 Å². The van der Waals surface area contributed by atoms with Gasteiger partial charge in [0.1, 0.15) is 18.7 Å². The Morgan fingerprint density at radius 2 is 1.58 bits per heavy atom. The Hall–Kier alpha value is -3.35. The number of carbonyl (C=O) groups is 3. The zero-order valence-corrected chi connectivity index (χ0v) is 18.8. The molecule has 0 aromatic heterocycles. The molecular weight excluding hydrogens is 420 g/mol. The maximum absolute atomic E-state index is 12.7. The second-order valence-corrected chi connectivity index (χ2v) is 8.89. The van der Waals surface area contributed by atoms with Crippen LogP contribution in [0.25, 0.3) is 11.1 Å². The Morgan fingerprint density at radius 3 is 2.12 bits per heavy atom. The monoisotopic (exact) mass is 450 g/mol. The van der Waals surface area contributed by atoms with Crippen molar-refractivity contribution >= 4 is 18.0 Å². The summed E-state index contributed by atoms with van der Waals surface area (Å²) in [7, 11) is 0. The summed E-state index contributed by atoms with van der Waals surface area (Å²) in [5.74, 6) is -1.26. The van der Waals surface area contributed by atoms with Crippen LogP contribution in [0.15, 0.2) is 48.5 Å². The Balaban J connectivity index is 1.37. The molecule has 0 saturated heterocycles. The van der Waals surface area contributed by atoms with Crippen LogP contribution in [0.5, 0.6) is 0 Å². The van der Waals surface area contributed by atoms with Gasteiger partial charge in [0.2, 0.25) is 5.91 Å². The van der Waals surface area contributed by atoms with Crippen molar-refractivity contribution in [2.45, 2.75) is 57.0 Å². The third-order valence-corrected chi connectivity index (χ3v) is 6.41. The summed E-state index contributed by atoms with van der Waals surface area (Å²) < 4.78 is 5.55. The maximum Gasteiger partial charge on any atom is 0.407 e. The van der Waals surface area contributed by atoms with E-state index < -0.39 is 30.1 Å². The first kappa shape index (κ1) is 22.8. The number of carboxylic acids is 1. The zero-order chi connectivity index (χ0) is 23.4. The molecule has 2 aliphatic carbocycles. The van der Waals surface area contributed by atoms with Crippen LogP contribution >= 0.6 is 0 Å². The van der Waals surface area contributed by atoms with Crippen molar-refractivity contribution in [3.05, 3.63) is 59.7 Å². The average molecular weight is 451 g/mol. The van der Waals surface area contributed by atoms with Crippen molar-refractivity contribution < 1.29 is 24.2 Å². The van der Waals surface area contributed by atoms with Crippen LogP contribution in [-0.2, 0) is 14.3 Å². The Bertz CT molecular complexity index is 987. The van der Waals surface area contributed by atoms with E-state index in [9.17, 15) is 19.5 Å². The van der Waals surface area contributed by atoms with Gasteiger partial charge in [-0.1, -0.05) is 74.7 Å². The van der Waals surface area contributed by atoms with E-state index in [-0.39, 0.29) is 12.5 Å². The number of alkyl carbamates (subject to hydrolysis) is 1. The molecule has 1 saturated carbocycles. The minimum absolute atomic E-state index is 0.0727. The second-order valence-electron chi connectivity index (χ2n) is 8.89. The molecule has 0 radical (unpaired) electrons. The first-order chi connectivity index (χ1) is 16.0. The molecular formula is C26H30N2O5. The van der Waals surface area contributed by atoms with E-state index in [1.807, 2.05) is 43.3 Å². The van der Waals surface area contributed by atoms with E-state index in [0.29, 0.717) is 25.2 Å². The number of ether oxygens (including phenoxy) is 1. The molecule has 0 bridgehead atoms. The predicted molar refractivity (Wildman–Crippen MR) is 124 cm³/mol. The molecule has 7 nitrogen and oxygen atoms in total. The highest BCUT2D eigenvalue weighted by Gasteiger charge is 2.33. The second kappa shape index (κ2) is 10.1. The van der Waals surface area contributed by atoms with Gasteiger partial charge in [0, 0.05) is 5.92 Å². The topological polar surface area (TPSA) is 105 Å². The molecule has 2 atom stereocenters. The molecule has 0 heterocycles. The number of nitrogens with one attached hydrogen (secondary N) is 2. The summed E-state index contributed by atoms with van der Waals surface area (Å²) in [5, 5.41) is 14.7. The molecule has 174 valence electrons. The number of amides is 2. The molecule has 2 aromatic carbocycles. The van der Waals surface area contributed by atoms with E-state index in [1.165, 1.54) is 0 Å². The standard InChI is InChI=1S/C26H30N2O5/c1-2-7-22(24(29)27-23(25(30)31)14-16-12-13-16)28-26(32)33-15-21-19-10-5-3-8-17(19)18-9-4-6-11-20(18)21/h3-6,8-11,16,21-23H,2,7,12-15H2,1H3,(H,27,29)(H,28,32)(H,30,31)/t22-,23-/m0/s1. The lowest BCUT2D eigenvalue weighted by Crippen LogP contribution is -2.51. The average Bonchev–Trinajstić information content (AvgIpc) is 3.57. The Morgan fingerprint density at radius 1 is 0.970 bits per heavy atom. The van der Waals surface area contributed by atoms with Gasteiger partial charge in [-0.15, -0.1) is 0 Å². The van der Waals surface area contributed by atoms with Crippen molar-refractivity contribution in [1.29, 1.82) is 0 Å². The Kier molecular flexibility index (Phi) is 6.96. The van der Waals surface area contributed by atoms with Gasteiger partial charge >= 0.3 is 12.1 Å². The van der Waals surface area contributed by atoms with Crippen molar-refractivity contribution in [2.24, 2.45) is 5.92 Å². The molecule has 2 aromatic rings. The van der Waals surface area contributed by atoms with E-state index in [2.05, 4.69) is 22.8 Å². The fourth-order valence-corrected chi connectivity index (χ4v) is 4.52. The molecule has 7 heteroatoms. The molecule has 3 N–H and O–H groups in total. The summed E-state index contributed by atoms with van der Waals surface area (Å²) in [6.45, 7) is 2.05. The number of hydrogen-bond acceptors (Lipinski definition) is 4. The van der Waals surface area contributed by atoms with Gasteiger partial charge in [-0.05, 0) is 41.0 Å². The van der Waals surface area contributed by atoms with Gasteiger partial charge in [0.15, 0.2) is 0 Å². The van der Waals surface area contributed by atoms with Crippen LogP contribution in [0.1, 0.15) is 56.1 Å². The van der Waals surface area contributed by atoms with Gasteiger partial charge < -0.3 is 20.5 Å². The van der Waals surface area contributed by atoms with Gasteiger partial charge in [-0.25, -0.2) is 9.59 Å². The fourth-order valence-electron chi connectivity index (χ4n) is 4.52. The van der Waals surface area contributed by atoms with Gasteiger partial charge in [0.05, 0.1) is 0 Å². The normalized spacial score (nSPS) is 16.3. The van der Waals surface area contributed by atoms with Gasteiger partial charge in [0.25, 0.3) is 0 Å². The molecule has 2 aliphatic rings. The number of benzene rings is 2. The number of rotatable bonds is 10. The summed E-state index contributed by atoms with van der Waals surface area (Å²) >= 11 is 0. The first-order valence-corrected chi connectivity index (χ1v) is 11.6. The fraction of sp³-hybridized carbons (Fsp3) is 0.423. The number of carboxylic acid groups (broad SMARTS) is 1. The summed E-state index contributed by atoms with van der Waals surface area (Å²) in [5.41, 5.74) is 4.50. The highest BCUT2D eigenvalue weighted by molar-refractivity contribution is 5.89. The minimum Gasteiger partial charge on any atom is -0.480 e. The summed E-state index contributed by atoms with van der Waals surface area (Å²) in [4.78, 5) is 36.8. The molecule has 1 fully saturated rings. The number of carbonyl (C=O) groups excluding carboxylic acids is 2. The zero-order valence-electron chi connectivity index (χ0n) is 18.8. The minimum atomic E-state index is -1.05.